The third-order valence-corrected chi connectivity index (χ3v) is 3.62. The van der Waals surface area contributed by atoms with Gasteiger partial charge in [-0.25, -0.2) is 0 Å². The summed E-state index contributed by atoms with van der Waals surface area (Å²) in [5.74, 6) is 1.30. The van der Waals surface area contributed by atoms with Gasteiger partial charge < -0.3 is 10.2 Å². The lowest BCUT2D eigenvalue weighted by molar-refractivity contribution is 0.323. The summed E-state index contributed by atoms with van der Waals surface area (Å²) in [6, 6.07) is 0. The van der Waals surface area contributed by atoms with E-state index in [2.05, 4.69) is 35.8 Å². The molecule has 2 nitrogen and oxygen atoms in total. The zero-order valence-corrected chi connectivity index (χ0v) is 8.99. The second-order valence-corrected chi connectivity index (χ2v) is 4.59. The summed E-state index contributed by atoms with van der Waals surface area (Å²) in [5, 5.41) is 4.20. The molecule has 0 aromatic carbocycles. The molecule has 0 atom stereocenters. The highest BCUT2D eigenvalue weighted by Gasteiger charge is 2.16. The lowest BCUT2D eigenvalue weighted by atomic mass is 10.3. The number of rotatable bonds is 6. The van der Waals surface area contributed by atoms with Crippen LogP contribution >= 0.6 is 11.8 Å². The number of hydrogen-bond donors (Lipinski definition) is 1. The first-order valence-electron chi connectivity index (χ1n) is 4.91. The molecular formula is C9H20N2S. The van der Waals surface area contributed by atoms with Gasteiger partial charge in [0.2, 0.25) is 0 Å². The predicted molar refractivity (Wildman–Crippen MR) is 56.9 cm³/mol. The molecule has 1 aliphatic heterocycles. The molecule has 0 unspecified atom stereocenters. The molecule has 0 bridgehead atoms. The zero-order valence-electron chi connectivity index (χ0n) is 8.18. The van der Waals surface area contributed by atoms with Crippen molar-refractivity contribution in [2.75, 3.05) is 38.5 Å². The van der Waals surface area contributed by atoms with Crippen LogP contribution in [0.25, 0.3) is 0 Å². The zero-order chi connectivity index (χ0) is 8.81. The fraction of sp³-hybridized carbons (Fsp3) is 1.00. The molecular weight excluding hydrogens is 168 g/mol. The Labute approximate surface area is 80.1 Å². The van der Waals surface area contributed by atoms with Crippen molar-refractivity contribution in [3.8, 4) is 0 Å². The monoisotopic (exact) mass is 188 g/mol. The Morgan fingerprint density at radius 2 is 2.00 bits per heavy atom. The van der Waals surface area contributed by atoms with Crippen molar-refractivity contribution in [1.82, 2.24) is 10.2 Å². The Morgan fingerprint density at radius 1 is 1.33 bits per heavy atom. The van der Waals surface area contributed by atoms with E-state index in [1.54, 1.807) is 0 Å². The molecule has 0 aromatic rings. The maximum atomic E-state index is 3.29. The Morgan fingerprint density at radius 3 is 2.42 bits per heavy atom. The van der Waals surface area contributed by atoms with Gasteiger partial charge in [-0.05, 0) is 13.1 Å². The highest BCUT2D eigenvalue weighted by atomic mass is 32.2. The molecule has 0 spiro atoms. The van der Waals surface area contributed by atoms with Crippen molar-refractivity contribution in [2.24, 2.45) is 0 Å². The van der Waals surface area contributed by atoms with Crippen molar-refractivity contribution in [3.63, 3.8) is 0 Å². The van der Waals surface area contributed by atoms with E-state index in [1.165, 1.54) is 38.5 Å². The van der Waals surface area contributed by atoms with E-state index in [-0.39, 0.29) is 0 Å². The quantitative estimate of drug-likeness (QED) is 0.670. The van der Waals surface area contributed by atoms with Crippen LogP contribution < -0.4 is 5.32 Å². The summed E-state index contributed by atoms with van der Waals surface area (Å²) >= 11 is 2.12. The van der Waals surface area contributed by atoms with E-state index in [0.717, 1.165) is 5.25 Å². The van der Waals surface area contributed by atoms with Gasteiger partial charge in [0, 0.05) is 30.6 Å². The highest BCUT2D eigenvalue weighted by molar-refractivity contribution is 8.00. The average Bonchev–Trinajstić information content (AvgIpc) is 2.02. The van der Waals surface area contributed by atoms with Gasteiger partial charge in [-0.15, -0.1) is 0 Å². The molecule has 1 fully saturated rings. The Balaban J connectivity index is 1.92. The van der Waals surface area contributed by atoms with E-state index in [9.17, 15) is 0 Å². The van der Waals surface area contributed by atoms with Crippen LogP contribution in [0.15, 0.2) is 0 Å². The normalized spacial score (nSPS) is 18.2. The Hall–Kier alpha value is 0.270. The molecule has 0 radical (unpaired) electrons. The van der Waals surface area contributed by atoms with Gasteiger partial charge in [-0.2, -0.15) is 11.8 Å². The fourth-order valence-corrected chi connectivity index (χ4v) is 2.44. The summed E-state index contributed by atoms with van der Waals surface area (Å²) in [7, 11) is 0. The lowest BCUT2D eigenvalue weighted by Gasteiger charge is -2.27. The van der Waals surface area contributed by atoms with E-state index in [4.69, 9.17) is 0 Å². The van der Waals surface area contributed by atoms with Crippen LogP contribution in [-0.2, 0) is 0 Å². The summed E-state index contributed by atoms with van der Waals surface area (Å²) < 4.78 is 0. The average molecular weight is 188 g/mol. The molecule has 72 valence electrons. The minimum absolute atomic E-state index is 0.903. The third-order valence-electron chi connectivity index (χ3n) is 2.40. The van der Waals surface area contributed by atoms with E-state index < -0.39 is 0 Å². The first kappa shape index (κ1) is 10.4. The number of hydrogen-bond acceptors (Lipinski definition) is 3. The van der Waals surface area contributed by atoms with Crippen LogP contribution in [0.3, 0.4) is 0 Å². The van der Waals surface area contributed by atoms with Crippen LogP contribution in [-0.4, -0.2) is 48.6 Å². The maximum absolute atomic E-state index is 3.29. The van der Waals surface area contributed by atoms with E-state index in [0.29, 0.717) is 0 Å². The smallest absolute Gasteiger partial charge is 0.0297 e. The second kappa shape index (κ2) is 5.84. The van der Waals surface area contributed by atoms with Gasteiger partial charge in [-0.1, -0.05) is 13.8 Å². The topological polar surface area (TPSA) is 15.3 Å². The Kier molecular flexibility index (Phi) is 5.04. The van der Waals surface area contributed by atoms with Crippen molar-refractivity contribution >= 4 is 11.8 Å². The van der Waals surface area contributed by atoms with Gasteiger partial charge in [0.15, 0.2) is 0 Å². The first-order chi connectivity index (χ1) is 5.86. The molecule has 3 heteroatoms. The molecule has 1 rings (SSSR count). The van der Waals surface area contributed by atoms with Gasteiger partial charge in [0.1, 0.15) is 0 Å². The van der Waals surface area contributed by atoms with Crippen molar-refractivity contribution < 1.29 is 0 Å². The first-order valence-corrected chi connectivity index (χ1v) is 5.96. The molecule has 0 amide bonds. The highest BCUT2D eigenvalue weighted by Crippen LogP contribution is 2.14. The number of nitrogens with zero attached hydrogens (tertiary/aromatic N) is 1. The lowest BCUT2D eigenvalue weighted by Crippen LogP contribution is -2.45. The van der Waals surface area contributed by atoms with Gasteiger partial charge >= 0.3 is 0 Å². The van der Waals surface area contributed by atoms with Gasteiger partial charge in [0.05, 0.1) is 0 Å². The molecule has 1 aliphatic rings. The van der Waals surface area contributed by atoms with Crippen molar-refractivity contribution in [3.05, 3.63) is 0 Å². The van der Waals surface area contributed by atoms with Crippen LogP contribution in [0, 0.1) is 0 Å². The number of thioether (sulfide) groups is 1. The molecule has 0 aliphatic carbocycles. The second-order valence-electron chi connectivity index (χ2n) is 3.18. The Bertz CT molecular complexity index is 111. The summed E-state index contributed by atoms with van der Waals surface area (Å²) in [4.78, 5) is 2.49. The summed E-state index contributed by atoms with van der Waals surface area (Å²) in [6.45, 7) is 10.6. The summed E-state index contributed by atoms with van der Waals surface area (Å²) in [6.07, 6.45) is 0. The predicted octanol–water partition coefficient (Wildman–Crippen LogP) is 1.03. The van der Waals surface area contributed by atoms with Crippen LogP contribution in [0.2, 0.25) is 0 Å². The maximum Gasteiger partial charge on any atom is 0.0297 e. The standard InChI is InChI=1S/C9H20N2S/c1-3-11(4-2)5-6-12-9-7-10-8-9/h9-10H,3-8H2,1-2H3. The van der Waals surface area contributed by atoms with Crippen LogP contribution in [0.1, 0.15) is 13.8 Å². The molecule has 1 heterocycles. The minimum atomic E-state index is 0.903. The van der Waals surface area contributed by atoms with Crippen LogP contribution in [0.5, 0.6) is 0 Å². The van der Waals surface area contributed by atoms with Gasteiger partial charge in [-0.3, -0.25) is 0 Å². The minimum Gasteiger partial charge on any atom is -0.314 e. The summed E-state index contributed by atoms with van der Waals surface area (Å²) in [5.41, 5.74) is 0. The van der Waals surface area contributed by atoms with Crippen molar-refractivity contribution in [2.45, 2.75) is 19.1 Å². The fourth-order valence-electron chi connectivity index (χ4n) is 1.27. The molecule has 12 heavy (non-hydrogen) atoms. The molecule has 1 N–H and O–H groups in total. The number of nitrogens with one attached hydrogen (secondary N) is 1. The van der Waals surface area contributed by atoms with Crippen LogP contribution in [0.4, 0.5) is 0 Å². The molecule has 0 aromatic heterocycles. The SMILES string of the molecule is CCN(CC)CCSC1CNC1. The molecule has 1 saturated heterocycles. The molecule has 0 saturated carbocycles. The van der Waals surface area contributed by atoms with Crippen molar-refractivity contribution in [1.29, 1.82) is 0 Å². The third kappa shape index (κ3) is 3.33. The van der Waals surface area contributed by atoms with E-state index >= 15 is 0 Å². The van der Waals surface area contributed by atoms with E-state index in [1.807, 2.05) is 0 Å². The largest absolute Gasteiger partial charge is 0.314 e. The van der Waals surface area contributed by atoms with Gasteiger partial charge in [0.25, 0.3) is 0 Å².